The summed E-state index contributed by atoms with van der Waals surface area (Å²) >= 11 is 0. The maximum absolute atomic E-state index is 3.00. The highest BCUT2D eigenvalue weighted by molar-refractivity contribution is 5.83. The van der Waals surface area contributed by atoms with Gasteiger partial charge in [0.05, 0.1) is 0 Å². The summed E-state index contributed by atoms with van der Waals surface area (Å²) in [5.74, 6) is 0. The summed E-state index contributed by atoms with van der Waals surface area (Å²) in [6.07, 6.45) is 0. The van der Waals surface area contributed by atoms with Crippen LogP contribution in [0.15, 0.2) is 49.6 Å². The molecule has 0 aliphatic heterocycles. The lowest BCUT2D eigenvalue weighted by molar-refractivity contribution is 1.47. The summed E-state index contributed by atoms with van der Waals surface area (Å²) in [6.45, 7) is 10.2. The van der Waals surface area contributed by atoms with Gasteiger partial charge >= 0.3 is 0 Å². The molecule has 0 nitrogen and oxygen atoms in total. The van der Waals surface area contributed by atoms with Gasteiger partial charge in [0.15, 0.2) is 0 Å². The van der Waals surface area contributed by atoms with E-state index in [1.807, 2.05) is 0 Å². The average molecular weight is 184 g/mol. The van der Waals surface area contributed by atoms with Crippen LogP contribution in [0.4, 0.5) is 0 Å². The summed E-state index contributed by atoms with van der Waals surface area (Å²) in [4.78, 5) is 0. The molecule has 0 spiro atoms. The van der Waals surface area contributed by atoms with Crippen molar-refractivity contribution in [3.05, 3.63) is 60.7 Å². The predicted octanol–water partition coefficient (Wildman–Crippen LogP) is 4.26. The van der Waals surface area contributed by atoms with Gasteiger partial charge in [0.2, 0.25) is 0 Å². The van der Waals surface area contributed by atoms with Crippen molar-refractivity contribution in [1.82, 2.24) is 0 Å². The van der Waals surface area contributed by atoms with Crippen LogP contribution in [0.1, 0.15) is 11.1 Å². The highest BCUT2D eigenvalue weighted by atomic mass is 14.0. The van der Waals surface area contributed by atoms with Crippen LogP contribution in [-0.2, 0) is 0 Å². The van der Waals surface area contributed by atoms with Crippen LogP contribution in [-0.4, -0.2) is 0 Å². The second-order valence-electron chi connectivity index (χ2n) is 3.35. The van der Waals surface area contributed by atoms with E-state index in [1.165, 1.54) is 21.9 Å². The maximum atomic E-state index is 3.00. The quantitative estimate of drug-likeness (QED) is 0.537. The standard InChI is InChI=1S/C12H12.C2H4/c1-9-3-5-12-8-10(2)4-6-11(12)7-9;1-2/h3-8H,1-2H3;1-2H2. The molecule has 0 saturated heterocycles. The highest BCUT2D eigenvalue weighted by Crippen LogP contribution is 2.16. The molecule has 0 heteroatoms. The van der Waals surface area contributed by atoms with Crippen LogP contribution >= 0.6 is 0 Å². The van der Waals surface area contributed by atoms with Crippen LogP contribution in [0.3, 0.4) is 0 Å². The average Bonchev–Trinajstić information content (AvgIpc) is 2.21. The molecule has 0 saturated carbocycles. The monoisotopic (exact) mass is 184 g/mol. The lowest BCUT2D eigenvalue weighted by Crippen LogP contribution is -1.76. The third-order valence-corrected chi connectivity index (χ3v) is 2.15. The van der Waals surface area contributed by atoms with Gasteiger partial charge in [-0.05, 0) is 24.6 Å². The molecule has 14 heavy (non-hydrogen) atoms. The van der Waals surface area contributed by atoms with Gasteiger partial charge in [-0.25, -0.2) is 0 Å². The summed E-state index contributed by atoms with van der Waals surface area (Å²) in [5, 5.41) is 2.67. The fourth-order valence-electron chi connectivity index (χ4n) is 1.48. The molecule has 0 bridgehead atoms. The van der Waals surface area contributed by atoms with E-state index in [1.54, 1.807) is 0 Å². The fourth-order valence-corrected chi connectivity index (χ4v) is 1.48. The Morgan fingerprint density at radius 2 is 1.07 bits per heavy atom. The molecule has 0 amide bonds. The lowest BCUT2D eigenvalue weighted by atomic mass is 10.1. The number of hydrogen-bond donors (Lipinski definition) is 0. The fraction of sp³-hybridized carbons (Fsp3) is 0.143. The van der Waals surface area contributed by atoms with E-state index in [4.69, 9.17) is 0 Å². The first kappa shape index (κ1) is 10.5. The zero-order valence-electron chi connectivity index (χ0n) is 8.88. The molecule has 0 aromatic heterocycles. The van der Waals surface area contributed by atoms with E-state index in [9.17, 15) is 0 Å². The number of benzene rings is 2. The minimum atomic E-state index is 1.33. The molecule has 0 aliphatic carbocycles. The zero-order valence-corrected chi connectivity index (χ0v) is 8.88. The second kappa shape index (κ2) is 4.61. The van der Waals surface area contributed by atoms with E-state index >= 15 is 0 Å². The molecule has 2 aromatic rings. The Morgan fingerprint density at radius 1 is 0.714 bits per heavy atom. The minimum absolute atomic E-state index is 1.33. The normalized spacial score (nSPS) is 9.29. The highest BCUT2D eigenvalue weighted by Gasteiger charge is 1.92. The molecule has 0 N–H and O–H groups in total. The number of rotatable bonds is 0. The Bertz CT molecular complexity index is 386. The van der Waals surface area contributed by atoms with Gasteiger partial charge in [-0.2, -0.15) is 0 Å². The molecule has 2 aromatic carbocycles. The summed E-state index contributed by atoms with van der Waals surface area (Å²) in [5.41, 5.74) is 2.65. The minimum Gasteiger partial charge on any atom is -0.106 e. The van der Waals surface area contributed by atoms with Gasteiger partial charge in [0, 0.05) is 0 Å². The van der Waals surface area contributed by atoms with Crippen LogP contribution < -0.4 is 0 Å². The van der Waals surface area contributed by atoms with E-state index in [0.717, 1.165) is 0 Å². The van der Waals surface area contributed by atoms with E-state index < -0.39 is 0 Å². The first-order chi connectivity index (χ1) is 6.75. The number of hydrogen-bond acceptors (Lipinski definition) is 0. The van der Waals surface area contributed by atoms with Crippen molar-refractivity contribution in [3.63, 3.8) is 0 Å². The first-order valence-corrected chi connectivity index (χ1v) is 4.73. The van der Waals surface area contributed by atoms with Crippen molar-refractivity contribution < 1.29 is 0 Å². The van der Waals surface area contributed by atoms with Gasteiger partial charge in [0.1, 0.15) is 0 Å². The van der Waals surface area contributed by atoms with Gasteiger partial charge in [-0.15, -0.1) is 13.2 Å². The molecular weight excluding hydrogens is 168 g/mol. The Kier molecular flexibility index (Phi) is 3.47. The van der Waals surface area contributed by atoms with Crippen LogP contribution in [0.25, 0.3) is 10.8 Å². The van der Waals surface area contributed by atoms with E-state index in [0.29, 0.717) is 0 Å². The molecule has 0 heterocycles. The predicted molar refractivity (Wildman–Crippen MR) is 64.7 cm³/mol. The molecule has 0 unspecified atom stereocenters. The van der Waals surface area contributed by atoms with Crippen molar-refractivity contribution in [2.75, 3.05) is 0 Å². The third kappa shape index (κ3) is 2.23. The molecule has 0 radical (unpaired) electrons. The maximum Gasteiger partial charge on any atom is -0.0181 e. The topological polar surface area (TPSA) is 0 Å². The number of fused-ring (bicyclic) bond motifs is 1. The van der Waals surface area contributed by atoms with Gasteiger partial charge < -0.3 is 0 Å². The molecular formula is C14H16. The van der Waals surface area contributed by atoms with Gasteiger partial charge in [0.25, 0.3) is 0 Å². The Labute approximate surface area is 85.9 Å². The SMILES string of the molecule is C=C.Cc1ccc2cc(C)ccc2c1. The van der Waals surface area contributed by atoms with Crippen LogP contribution in [0.2, 0.25) is 0 Å². The number of aryl methyl sites for hydroxylation is 2. The van der Waals surface area contributed by atoms with Crippen LogP contribution in [0, 0.1) is 13.8 Å². The molecule has 0 atom stereocenters. The summed E-state index contributed by atoms with van der Waals surface area (Å²) in [7, 11) is 0. The third-order valence-electron chi connectivity index (χ3n) is 2.15. The van der Waals surface area contributed by atoms with E-state index in [-0.39, 0.29) is 0 Å². The lowest BCUT2D eigenvalue weighted by Gasteiger charge is -1.99. The van der Waals surface area contributed by atoms with Crippen molar-refractivity contribution in [3.8, 4) is 0 Å². The smallest absolute Gasteiger partial charge is 0.0181 e. The summed E-state index contributed by atoms with van der Waals surface area (Å²) in [6, 6.07) is 13.1. The zero-order chi connectivity index (χ0) is 10.6. The summed E-state index contributed by atoms with van der Waals surface area (Å²) < 4.78 is 0. The van der Waals surface area contributed by atoms with Gasteiger partial charge in [-0.3, -0.25) is 0 Å². The molecule has 2 rings (SSSR count). The second-order valence-corrected chi connectivity index (χ2v) is 3.35. The first-order valence-electron chi connectivity index (χ1n) is 4.73. The van der Waals surface area contributed by atoms with Crippen LogP contribution in [0.5, 0.6) is 0 Å². The molecule has 0 fully saturated rings. The van der Waals surface area contributed by atoms with Crippen molar-refractivity contribution in [1.29, 1.82) is 0 Å². The van der Waals surface area contributed by atoms with Gasteiger partial charge in [-0.1, -0.05) is 47.5 Å². The Morgan fingerprint density at radius 3 is 1.43 bits per heavy atom. The Hall–Kier alpha value is -1.56. The van der Waals surface area contributed by atoms with Crippen molar-refractivity contribution in [2.24, 2.45) is 0 Å². The molecule has 0 aliphatic rings. The Balaban J connectivity index is 0.000000461. The largest absolute Gasteiger partial charge is 0.106 e. The molecule has 72 valence electrons. The van der Waals surface area contributed by atoms with E-state index in [2.05, 4.69) is 63.4 Å². The van der Waals surface area contributed by atoms with Crippen molar-refractivity contribution >= 4 is 10.8 Å². The van der Waals surface area contributed by atoms with Crippen molar-refractivity contribution in [2.45, 2.75) is 13.8 Å².